The van der Waals surface area contributed by atoms with Crippen molar-refractivity contribution in [2.45, 2.75) is 0 Å². The molecular formula is C18H19BrN4O4S. The lowest BCUT2D eigenvalue weighted by atomic mass is 10.2. The molecule has 0 radical (unpaired) electrons. The second-order valence-corrected chi connectivity index (χ2v) is 6.60. The summed E-state index contributed by atoms with van der Waals surface area (Å²) in [6, 6.07) is 10.5. The van der Waals surface area contributed by atoms with Crippen molar-refractivity contribution in [3.8, 4) is 17.2 Å². The van der Waals surface area contributed by atoms with Crippen LogP contribution in [-0.2, 0) is 4.79 Å². The predicted molar refractivity (Wildman–Crippen MR) is 115 cm³/mol. The van der Waals surface area contributed by atoms with Crippen molar-refractivity contribution in [3.63, 3.8) is 0 Å². The Kier molecular flexibility index (Phi) is 8.02. The summed E-state index contributed by atoms with van der Waals surface area (Å²) in [5, 5.41) is 6.69. The lowest BCUT2D eigenvalue weighted by Crippen LogP contribution is -2.24. The molecule has 0 fully saturated rings. The Bertz CT molecular complexity index is 892. The smallest absolute Gasteiger partial charge is 0.262 e. The fourth-order valence-electron chi connectivity index (χ4n) is 2.20. The Morgan fingerprint density at radius 3 is 2.64 bits per heavy atom. The molecule has 0 aliphatic carbocycles. The van der Waals surface area contributed by atoms with Crippen LogP contribution in [0, 0.1) is 0 Å². The fourth-order valence-corrected chi connectivity index (χ4v) is 2.82. The number of benzene rings is 2. The summed E-state index contributed by atoms with van der Waals surface area (Å²) in [5.41, 5.74) is 9.04. The molecule has 2 aromatic carbocycles. The fraction of sp³-hybridized carbons (Fsp3) is 0.167. The van der Waals surface area contributed by atoms with E-state index in [-0.39, 0.29) is 17.6 Å². The minimum atomic E-state index is -0.343. The van der Waals surface area contributed by atoms with Crippen molar-refractivity contribution in [1.29, 1.82) is 0 Å². The summed E-state index contributed by atoms with van der Waals surface area (Å²) in [4.78, 5) is 12.2. The van der Waals surface area contributed by atoms with Gasteiger partial charge in [-0.05, 0) is 58.0 Å². The number of rotatable bonds is 8. The molecule has 148 valence electrons. The van der Waals surface area contributed by atoms with E-state index in [9.17, 15) is 4.79 Å². The van der Waals surface area contributed by atoms with Crippen molar-refractivity contribution in [2.24, 2.45) is 10.8 Å². The summed E-state index contributed by atoms with van der Waals surface area (Å²) >= 11 is 8.09. The van der Waals surface area contributed by atoms with Gasteiger partial charge in [0.2, 0.25) is 0 Å². The number of methoxy groups -OCH3 is 2. The van der Waals surface area contributed by atoms with Crippen molar-refractivity contribution < 1.29 is 19.0 Å². The van der Waals surface area contributed by atoms with E-state index >= 15 is 0 Å². The van der Waals surface area contributed by atoms with E-state index in [0.29, 0.717) is 33.0 Å². The summed E-state index contributed by atoms with van der Waals surface area (Å²) in [6.45, 7) is -0.219. The average Bonchev–Trinajstić information content (AvgIpc) is 2.66. The Hall–Kier alpha value is -2.85. The third-order valence-corrected chi connectivity index (χ3v) is 4.05. The first-order valence-corrected chi connectivity index (χ1v) is 9.16. The molecule has 28 heavy (non-hydrogen) atoms. The second kappa shape index (κ2) is 10.5. The van der Waals surface area contributed by atoms with Crippen molar-refractivity contribution in [3.05, 3.63) is 46.4 Å². The number of para-hydroxylation sites is 2. The van der Waals surface area contributed by atoms with E-state index in [0.717, 1.165) is 0 Å². The molecule has 2 aromatic rings. The number of hydrogen-bond donors (Lipinski definition) is 3. The summed E-state index contributed by atoms with van der Waals surface area (Å²) in [5.74, 6) is 1.03. The number of hydrazone groups is 1. The quantitative estimate of drug-likeness (QED) is 0.311. The molecule has 0 bridgehead atoms. The van der Waals surface area contributed by atoms with Gasteiger partial charge < -0.3 is 25.3 Å². The van der Waals surface area contributed by atoms with Crippen LogP contribution in [0.15, 0.2) is 46.0 Å². The molecule has 0 saturated heterocycles. The zero-order valence-corrected chi connectivity index (χ0v) is 17.6. The molecule has 0 unspecified atom stereocenters. The zero-order valence-electron chi connectivity index (χ0n) is 15.2. The van der Waals surface area contributed by atoms with Gasteiger partial charge in [-0.2, -0.15) is 5.10 Å². The van der Waals surface area contributed by atoms with Crippen molar-refractivity contribution >= 4 is 51.1 Å². The van der Waals surface area contributed by atoms with Crippen LogP contribution < -0.4 is 30.7 Å². The Labute approximate surface area is 176 Å². The van der Waals surface area contributed by atoms with Crippen LogP contribution >= 0.6 is 28.1 Å². The molecule has 0 aliphatic rings. The van der Waals surface area contributed by atoms with Gasteiger partial charge in [0.05, 0.1) is 30.6 Å². The molecule has 8 nitrogen and oxygen atoms in total. The minimum Gasteiger partial charge on any atom is -0.495 e. The molecule has 0 aromatic heterocycles. The molecule has 2 rings (SSSR count). The second-order valence-electron chi connectivity index (χ2n) is 5.31. The number of thiocarbonyl (C=S) groups is 1. The number of carbonyl (C=O) groups excluding carboxylic acids is 1. The number of nitrogens with zero attached hydrogens (tertiary/aromatic N) is 1. The largest absolute Gasteiger partial charge is 0.495 e. The van der Waals surface area contributed by atoms with Gasteiger partial charge in [0.1, 0.15) is 5.75 Å². The molecule has 4 N–H and O–H groups in total. The van der Waals surface area contributed by atoms with Gasteiger partial charge in [0.25, 0.3) is 5.91 Å². The molecule has 1 amide bonds. The lowest BCUT2D eigenvalue weighted by molar-refractivity contribution is -0.118. The maximum atomic E-state index is 12.2. The molecule has 0 atom stereocenters. The average molecular weight is 467 g/mol. The van der Waals surface area contributed by atoms with Gasteiger partial charge in [-0.25, -0.2) is 0 Å². The minimum absolute atomic E-state index is 0.0586. The van der Waals surface area contributed by atoms with E-state index < -0.39 is 0 Å². The van der Waals surface area contributed by atoms with E-state index in [1.54, 1.807) is 30.3 Å². The highest BCUT2D eigenvalue weighted by atomic mass is 79.9. The molecule has 0 spiro atoms. The first-order valence-electron chi connectivity index (χ1n) is 7.96. The van der Waals surface area contributed by atoms with Crippen molar-refractivity contribution in [2.75, 3.05) is 26.1 Å². The van der Waals surface area contributed by atoms with Gasteiger partial charge in [-0.1, -0.05) is 12.1 Å². The SMILES string of the molecule is COc1ccccc1NC(=O)COc1c(Br)cc(/C=N/NC(N)=S)cc1OC. The first-order chi connectivity index (χ1) is 13.4. The molecule has 0 heterocycles. The number of ether oxygens (including phenoxy) is 3. The van der Waals surface area contributed by atoms with Crippen LogP contribution in [0.25, 0.3) is 0 Å². The highest BCUT2D eigenvalue weighted by Crippen LogP contribution is 2.36. The van der Waals surface area contributed by atoms with Crippen LogP contribution in [0.4, 0.5) is 5.69 Å². The number of nitrogens with one attached hydrogen (secondary N) is 2. The normalized spacial score (nSPS) is 10.4. The first kappa shape index (κ1) is 21.5. The zero-order chi connectivity index (χ0) is 20.5. The highest BCUT2D eigenvalue weighted by Gasteiger charge is 2.14. The van der Waals surface area contributed by atoms with Crippen LogP contribution in [0.5, 0.6) is 17.2 Å². The third-order valence-electron chi connectivity index (χ3n) is 3.37. The number of hydrogen-bond acceptors (Lipinski definition) is 6. The summed E-state index contributed by atoms with van der Waals surface area (Å²) in [7, 11) is 3.03. The lowest BCUT2D eigenvalue weighted by Gasteiger charge is -2.14. The maximum Gasteiger partial charge on any atom is 0.262 e. The topological polar surface area (TPSA) is 107 Å². The molecular weight excluding hydrogens is 448 g/mol. The van der Waals surface area contributed by atoms with Crippen LogP contribution in [0.1, 0.15) is 5.56 Å². The molecule has 10 heteroatoms. The van der Waals surface area contributed by atoms with Gasteiger partial charge in [-0.3, -0.25) is 10.2 Å². The number of halogens is 1. The predicted octanol–water partition coefficient (Wildman–Crippen LogP) is 2.65. The number of nitrogens with two attached hydrogens (primary N) is 1. The standard InChI is InChI=1S/C18H19BrN4O4S/c1-25-14-6-4-3-5-13(14)22-16(24)10-27-17-12(19)7-11(8-15(17)26-2)9-21-23-18(20)28/h3-9H,10H2,1-2H3,(H,22,24)(H3,20,23,28)/b21-9+. The van der Waals surface area contributed by atoms with E-state index in [2.05, 4.69) is 44.0 Å². The third kappa shape index (κ3) is 6.10. The highest BCUT2D eigenvalue weighted by molar-refractivity contribution is 9.10. The summed E-state index contributed by atoms with van der Waals surface area (Å²) in [6.07, 6.45) is 1.52. The molecule has 0 aliphatic heterocycles. The van der Waals surface area contributed by atoms with Crippen molar-refractivity contribution in [1.82, 2.24) is 5.43 Å². The Morgan fingerprint density at radius 2 is 1.96 bits per heavy atom. The number of amides is 1. The van der Waals surface area contributed by atoms with E-state index in [1.165, 1.54) is 20.4 Å². The van der Waals surface area contributed by atoms with Crippen LogP contribution in [0.2, 0.25) is 0 Å². The molecule has 0 saturated carbocycles. The summed E-state index contributed by atoms with van der Waals surface area (Å²) < 4.78 is 16.8. The van der Waals surface area contributed by atoms with Crippen LogP contribution in [-0.4, -0.2) is 38.1 Å². The van der Waals surface area contributed by atoms with E-state index in [1.807, 2.05) is 6.07 Å². The number of carbonyl (C=O) groups is 1. The van der Waals surface area contributed by atoms with Gasteiger partial charge in [-0.15, -0.1) is 0 Å². The Morgan fingerprint density at radius 1 is 1.25 bits per heavy atom. The van der Waals surface area contributed by atoms with Crippen LogP contribution in [0.3, 0.4) is 0 Å². The van der Waals surface area contributed by atoms with Gasteiger partial charge in [0.15, 0.2) is 23.2 Å². The van der Waals surface area contributed by atoms with Gasteiger partial charge in [0, 0.05) is 0 Å². The van der Waals surface area contributed by atoms with Gasteiger partial charge >= 0.3 is 0 Å². The maximum absolute atomic E-state index is 12.2. The Balaban J connectivity index is 2.07. The number of anilines is 1. The van der Waals surface area contributed by atoms with E-state index in [4.69, 9.17) is 19.9 Å². The monoisotopic (exact) mass is 466 g/mol.